The van der Waals surface area contributed by atoms with Gasteiger partial charge in [0.15, 0.2) is 0 Å². The number of nitriles is 1. The van der Waals surface area contributed by atoms with Crippen LogP contribution in [0, 0.1) is 28.9 Å². The van der Waals surface area contributed by atoms with E-state index in [9.17, 15) is 8.78 Å². The van der Waals surface area contributed by atoms with Gasteiger partial charge in [-0.3, -0.25) is 0 Å². The molecule has 1 aromatic carbocycles. The lowest BCUT2D eigenvalue weighted by molar-refractivity contribution is 0.146. The van der Waals surface area contributed by atoms with Crippen molar-refractivity contribution < 1.29 is 13.5 Å². The van der Waals surface area contributed by atoms with Gasteiger partial charge in [0.2, 0.25) is 0 Å². The van der Waals surface area contributed by atoms with Crippen molar-refractivity contribution >= 4 is 0 Å². The molecule has 0 spiro atoms. The summed E-state index contributed by atoms with van der Waals surface area (Å²) < 4.78 is 32.4. The molecule has 1 aromatic rings. The van der Waals surface area contributed by atoms with Crippen molar-refractivity contribution in [2.24, 2.45) is 5.92 Å². The summed E-state index contributed by atoms with van der Waals surface area (Å²) in [6.07, 6.45) is 0. The topological polar surface area (TPSA) is 45.0 Å². The number of methoxy groups -OCH3 is 1. The average Bonchev–Trinajstić information content (AvgIpc) is 2.35. The van der Waals surface area contributed by atoms with Crippen LogP contribution in [0.2, 0.25) is 0 Å². The van der Waals surface area contributed by atoms with Crippen LogP contribution >= 0.6 is 0 Å². The molecule has 5 heteroatoms. The molecule has 0 saturated carbocycles. The largest absolute Gasteiger partial charge is 0.383 e. The van der Waals surface area contributed by atoms with Crippen LogP contribution in [0.5, 0.6) is 0 Å². The fraction of sp³-hybridized carbons (Fsp3) is 0.500. The van der Waals surface area contributed by atoms with Gasteiger partial charge in [0.05, 0.1) is 18.2 Å². The normalized spacial score (nSPS) is 12.5. The maximum atomic E-state index is 13.7. The Balaban J connectivity index is 2.80. The fourth-order valence-corrected chi connectivity index (χ4v) is 1.74. The van der Waals surface area contributed by atoms with Crippen LogP contribution in [0.1, 0.15) is 25.0 Å². The first-order valence-corrected chi connectivity index (χ1v) is 6.10. The minimum atomic E-state index is -0.705. The Labute approximate surface area is 112 Å². The Kier molecular flexibility index (Phi) is 5.87. The summed E-state index contributed by atoms with van der Waals surface area (Å²) in [7, 11) is 1.58. The predicted octanol–water partition coefficient (Wildman–Crippen LogP) is 2.60. The lowest BCUT2D eigenvalue weighted by Gasteiger charge is -2.22. The number of nitrogens with one attached hydrogen (secondary N) is 1. The molecule has 0 aliphatic carbocycles. The van der Waals surface area contributed by atoms with E-state index < -0.39 is 11.6 Å². The molecule has 0 aliphatic heterocycles. The third kappa shape index (κ3) is 4.27. The summed E-state index contributed by atoms with van der Waals surface area (Å²) in [5, 5.41) is 11.7. The van der Waals surface area contributed by atoms with Gasteiger partial charge < -0.3 is 10.1 Å². The number of benzene rings is 1. The molecule has 0 aliphatic rings. The molecule has 1 N–H and O–H groups in total. The van der Waals surface area contributed by atoms with Gasteiger partial charge in [-0.1, -0.05) is 13.8 Å². The first-order valence-electron chi connectivity index (χ1n) is 6.10. The standard InChI is InChI=1S/C14H18F2N2O/c1-9(2)14(8-19-3)18-7-11-12(15)4-10(6-17)5-13(11)16/h4-5,9,14,18H,7-8H2,1-3H3. The van der Waals surface area contributed by atoms with Gasteiger partial charge in [0.25, 0.3) is 0 Å². The summed E-state index contributed by atoms with van der Waals surface area (Å²) in [6.45, 7) is 4.54. The Bertz CT molecular complexity index is 446. The van der Waals surface area contributed by atoms with Crippen molar-refractivity contribution in [3.05, 3.63) is 34.9 Å². The highest BCUT2D eigenvalue weighted by atomic mass is 19.1. The van der Waals surface area contributed by atoms with Crippen molar-refractivity contribution in [2.45, 2.75) is 26.4 Å². The maximum absolute atomic E-state index is 13.7. The quantitative estimate of drug-likeness (QED) is 0.862. The SMILES string of the molecule is COCC(NCc1c(F)cc(C#N)cc1F)C(C)C. The first-order chi connectivity index (χ1) is 8.99. The van der Waals surface area contributed by atoms with E-state index in [0.29, 0.717) is 6.61 Å². The smallest absolute Gasteiger partial charge is 0.131 e. The monoisotopic (exact) mass is 268 g/mol. The zero-order valence-corrected chi connectivity index (χ0v) is 11.3. The van der Waals surface area contributed by atoms with Crippen molar-refractivity contribution in [1.29, 1.82) is 5.26 Å². The molecule has 0 fully saturated rings. The molecule has 0 radical (unpaired) electrons. The van der Waals surface area contributed by atoms with E-state index in [-0.39, 0.29) is 29.6 Å². The summed E-state index contributed by atoms with van der Waals surface area (Å²) in [5.41, 5.74) is -0.0724. The molecule has 0 amide bonds. The molecule has 1 unspecified atom stereocenters. The summed E-state index contributed by atoms with van der Waals surface area (Å²) in [6, 6.07) is 3.82. The highest BCUT2D eigenvalue weighted by Crippen LogP contribution is 2.15. The molecule has 1 atom stereocenters. The molecule has 0 aromatic heterocycles. The zero-order chi connectivity index (χ0) is 14.4. The molecular formula is C14H18F2N2O. The van der Waals surface area contributed by atoms with Crippen molar-refractivity contribution in [3.8, 4) is 6.07 Å². The Morgan fingerprint density at radius 3 is 2.32 bits per heavy atom. The molecule has 0 bridgehead atoms. The number of halogens is 2. The Morgan fingerprint density at radius 2 is 1.89 bits per heavy atom. The van der Waals surface area contributed by atoms with Gasteiger partial charge in [-0.25, -0.2) is 8.78 Å². The van der Waals surface area contributed by atoms with Gasteiger partial charge in [-0.05, 0) is 18.1 Å². The fourth-order valence-electron chi connectivity index (χ4n) is 1.74. The molecule has 1 rings (SSSR count). The highest BCUT2D eigenvalue weighted by molar-refractivity contribution is 5.34. The minimum absolute atomic E-state index is 0.0134. The lowest BCUT2D eigenvalue weighted by atomic mass is 10.0. The van der Waals surface area contributed by atoms with Crippen LogP contribution in [0.4, 0.5) is 8.78 Å². The third-order valence-corrected chi connectivity index (χ3v) is 2.96. The summed E-state index contributed by atoms with van der Waals surface area (Å²) in [5.74, 6) is -1.13. The van der Waals surface area contributed by atoms with E-state index >= 15 is 0 Å². The second-order valence-corrected chi connectivity index (χ2v) is 4.72. The van der Waals surface area contributed by atoms with E-state index in [1.54, 1.807) is 13.2 Å². The minimum Gasteiger partial charge on any atom is -0.383 e. The van der Waals surface area contributed by atoms with Crippen LogP contribution in [0.25, 0.3) is 0 Å². The molecule has 0 heterocycles. The van der Waals surface area contributed by atoms with E-state index in [2.05, 4.69) is 5.32 Å². The second kappa shape index (κ2) is 7.17. The zero-order valence-electron chi connectivity index (χ0n) is 11.3. The van der Waals surface area contributed by atoms with Gasteiger partial charge in [-0.15, -0.1) is 0 Å². The highest BCUT2D eigenvalue weighted by Gasteiger charge is 2.16. The van der Waals surface area contributed by atoms with Gasteiger partial charge in [-0.2, -0.15) is 5.26 Å². The molecular weight excluding hydrogens is 250 g/mol. The summed E-state index contributed by atoms with van der Waals surface area (Å²) in [4.78, 5) is 0. The first kappa shape index (κ1) is 15.5. The van der Waals surface area contributed by atoms with Gasteiger partial charge >= 0.3 is 0 Å². The van der Waals surface area contributed by atoms with E-state index in [1.807, 2.05) is 13.8 Å². The van der Waals surface area contributed by atoms with Gasteiger partial charge in [0.1, 0.15) is 11.6 Å². The number of rotatable bonds is 6. The van der Waals surface area contributed by atoms with Crippen LogP contribution in [0.3, 0.4) is 0 Å². The Morgan fingerprint density at radius 1 is 1.32 bits per heavy atom. The van der Waals surface area contributed by atoms with E-state index in [0.717, 1.165) is 12.1 Å². The van der Waals surface area contributed by atoms with E-state index in [1.165, 1.54) is 0 Å². The van der Waals surface area contributed by atoms with Crippen LogP contribution in [-0.2, 0) is 11.3 Å². The number of hydrogen-bond acceptors (Lipinski definition) is 3. The number of hydrogen-bond donors (Lipinski definition) is 1. The third-order valence-electron chi connectivity index (χ3n) is 2.96. The van der Waals surface area contributed by atoms with Crippen molar-refractivity contribution in [3.63, 3.8) is 0 Å². The second-order valence-electron chi connectivity index (χ2n) is 4.72. The number of ether oxygens (including phenoxy) is 1. The lowest BCUT2D eigenvalue weighted by Crippen LogP contribution is -2.37. The predicted molar refractivity (Wildman–Crippen MR) is 68.4 cm³/mol. The molecule has 3 nitrogen and oxygen atoms in total. The average molecular weight is 268 g/mol. The van der Waals surface area contributed by atoms with Crippen molar-refractivity contribution in [2.75, 3.05) is 13.7 Å². The van der Waals surface area contributed by atoms with Crippen LogP contribution < -0.4 is 5.32 Å². The van der Waals surface area contributed by atoms with E-state index in [4.69, 9.17) is 10.00 Å². The van der Waals surface area contributed by atoms with Crippen molar-refractivity contribution in [1.82, 2.24) is 5.32 Å². The number of nitrogens with zero attached hydrogens (tertiary/aromatic N) is 1. The molecule has 104 valence electrons. The molecule has 0 saturated heterocycles. The molecule has 19 heavy (non-hydrogen) atoms. The van der Waals surface area contributed by atoms with Crippen LogP contribution in [-0.4, -0.2) is 19.8 Å². The van der Waals surface area contributed by atoms with Crippen LogP contribution in [0.15, 0.2) is 12.1 Å². The van der Waals surface area contributed by atoms with Gasteiger partial charge in [0, 0.05) is 25.3 Å². The Hall–Kier alpha value is -1.51. The maximum Gasteiger partial charge on any atom is 0.131 e. The summed E-state index contributed by atoms with van der Waals surface area (Å²) >= 11 is 0.